The first-order valence-electron chi connectivity index (χ1n) is 6.87. The van der Waals surface area contributed by atoms with E-state index < -0.39 is 5.54 Å². The van der Waals surface area contributed by atoms with Crippen molar-refractivity contribution < 1.29 is 8.94 Å². The number of nitrogens with zero attached hydrogens (tertiary/aromatic N) is 2. The first kappa shape index (κ1) is 12.4. The average molecular weight is 261 g/mol. The molecule has 2 aromatic rings. The molecule has 0 atom stereocenters. The lowest BCUT2D eigenvalue weighted by molar-refractivity contribution is 0.334. The molecule has 1 aliphatic rings. The number of aryl methyl sites for hydroxylation is 1. The predicted octanol–water partition coefficient (Wildman–Crippen LogP) is 3.15. The predicted molar refractivity (Wildman–Crippen MR) is 70.3 cm³/mol. The molecule has 0 saturated heterocycles. The fraction of sp³-hybridized carbons (Fsp3) is 0.571. The monoisotopic (exact) mass is 261 g/mol. The Morgan fingerprint density at radius 1 is 1.21 bits per heavy atom. The van der Waals surface area contributed by atoms with Crippen LogP contribution in [0.15, 0.2) is 21.3 Å². The van der Waals surface area contributed by atoms with Crippen LogP contribution in [0.25, 0.3) is 11.5 Å². The van der Waals surface area contributed by atoms with Gasteiger partial charge in [0.2, 0.25) is 0 Å². The number of furan rings is 1. The highest BCUT2D eigenvalue weighted by atomic mass is 16.5. The molecule has 19 heavy (non-hydrogen) atoms. The maximum absolute atomic E-state index is 6.48. The Kier molecular flexibility index (Phi) is 3.14. The third-order valence-electron chi connectivity index (χ3n) is 3.96. The van der Waals surface area contributed by atoms with Gasteiger partial charge in [0.05, 0.1) is 17.4 Å². The SMILES string of the molecule is Cc1occc1-c1nc(C2(N)CCCCCC2)no1. The molecule has 2 aromatic heterocycles. The number of hydrogen-bond acceptors (Lipinski definition) is 5. The van der Waals surface area contributed by atoms with Crippen LogP contribution >= 0.6 is 0 Å². The Morgan fingerprint density at radius 3 is 2.58 bits per heavy atom. The van der Waals surface area contributed by atoms with Crippen molar-refractivity contribution in [3.63, 3.8) is 0 Å². The summed E-state index contributed by atoms with van der Waals surface area (Å²) in [5.41, 5.74) is 6.89. The molecule has 0 spiro atoms. The standard InChI is InChI=1S/C14H19N3O2/c1-10-11(6-9-18-10)12-16-13(17-19-12)14(15)7-4-2-3-5-8-14/h6,9H,2-5,7-8,15H2,1H3. The molecule has 0 radical (unpaired) electrons. The van der Waals surface area contributed by atoms with Gasteiger partial charge >= 0.3 is 0 Å². The molecule has 1 fully saturated rings. The number of rotatable bonds is 2. The zero-order valence-electron chi connectivity index (χ0n) is 11.2. The Balaban J connectivity index is 1.90. The zero-order valence-corrected chi connectivity index (χ0v) is 11.2. The maximum Gasteiger partial charge on any atom is 0.261 e. The van der Waals surface area contributed by atoms with E-state index in [1.54, 1.807) is 6.26 Å². The Labute approximate surface area is 112 Å². The summed E-state index contributed by atoms with van der Waals surface area (Å²) in [6.07, 6.45) is 8.22. The van der Waals surface area contributed by atoms with Gasteiger partial charge in [0.15, 0.2) is 5.82 Å². The molecule has 3 rings (SSSR count). The molecule has 0 bridgehead atoms. The van der Waals surface area contributed by atoms with E-state index >= 15 is 0 Å². The van der Waals surface area contributed by atoms with E-state index in [9.17, 15) is 0 Å². The second-order valence-electron chi connectivity index (χ2n) is 5.38. The van der Waals surface area contributed by atoms with Gasteiger partial charge in [0.25, 0.3) is 5.89 Å². The topological polar surface area (TPSA) is 78.1 Å². The summed E-state index contributed by atoms with van der Waals surface area (Å²) >= 11 is 0. The molecular formula is C14H19N3O2. The maximum atomic E-state index is 6.48. The third-order valence-corrected chi connectivity index (χ3v) is 3.96. The van der Waals surface area contributed by atoms with Gasteiger partial charge in [-0.15, -0.1) is 0 Å². The quantitative estimate of drug-likeness (QED) is 0.840. The molecule has 5 nitrogen and oxygen atoms in total. The van der Waals surface area contributed by atoms with Gasteiger partial charge in [-0.1, -0.05) is 30.8 Å². The van der Waals surface area contributed by atoms with Crippen LogP contribution in [0.4, 0.5) is 0 Å². The Bertz CT molecular complexity index is 551. The van der Waals surface area contributed by atoms with E-state index in [4.69, 9.17) is 14.7 Å². The summed E-state index contributed by atoms with van der Waals surface area (Å²) in [7, 11) is 0. The van der Waals surface area contributed by atoms with Crippen molar-refractivity contribution in [2.24, 2.45) is 5.73 Å². The first-order chi connectivity index (χ1) is 9.19. The van der Waals surface area contributed by atoms with Gasteiger partial charge in [-0.3, -0.25) is 0 Å². The highest BCUT2D eigenvalue weighted by Gasteiger charge is 2.33. The molecule has 0 unspecified atom stereocenters. The van der Waals surface area contributed by atoms with Gasteiger partial charge < -0.3 is 14.7 Å². The zero-order chi connectivity index (χ0) is 13.3. The summed E-state index contributed by atoms with van der Waals surface area (Å²) in [4.78, 5) is 4.49. The van der Waals surface area contributed by atoms with Crippen LogP contribution in [0.5, 0.6) is 0 Å². The van der Waals surface area contributed by atoms with Gasteiger partial charge in [0, 0.05) is 0 Å². The lowest BCUT2D eigenvalue weighted by Crippen LogP contribution is -2.37. The summed E-state index contributed by atoms with van der Waals surface area (Å²) in [5, 5.41) is 4.10. The van der Waals surface area contributed by atoms with Crippen molar-refractivity contribution in [1.29, 1.82) is 0 Å². The van der Waals surface area contributed by atoms with Gasteiger partial charge in [-0.25, -0.2) is 0 Å². The second kappa shape index (κ2) is 4.81. The molecule has 1 aliphatic carbocycles. The lowest BCUT2D eigenvalue weighted by Gasteiger charge is -2.23. The minimum Gasteiger partial charge on any atom is -0.469 e. The van der Waals surface area contributed by atoms with Crippen molar-refractivity contribution in [2.75, 3.05) is 0 Å². The third kappa shape index (κ3) is 2.30. The molecule has 5 heteroatoms. The van der Waals surface area contributed by atoms with Crippen molar-refractivity contribution in [1.82, 2.24) is 10.1 Å². The molecule has 1 saturated carbocycles. The molecule has 102 valence electrons. The van der Waals surface area contributed by atoms with E-state index in [0.29, 0.717) is 11.7 Å². The summed E-state index contributed by atoms with van der Waals surface area (Å²) in [6.45, 7) is 1.88. The normalized spacial score (nSPS) is 19.3. The van der Waals surface area contributed by atoms with Gasteiger partial charge in [-0.05, 0) is 25.8 Å². The summed E-state index contributed by atoms with van der Waals surface area (Å²) in [5.74, 6) is 1.91. The largest absolute Gasteiger partial charge is 0.469 e. The van der Waals surface area contributed by atoms with E-state index in [1.165, 1.54) is 12.8 Å². The lowest BCUT2D eigenvalue weighted by atomic mass is 9.91. The van der Waals surface area contributed by atoms with Crippen molar-refractivity contribution in [3.05, 3.63) is 23.9 Å². The summed E-state index contributed by atoms with van der Waals surface area (Å²) in [6, 6.07) is 1.84. The van der Waals surface area contributed by atoms with E-state index in [-0.39, 0.29) is 0 Å². The highest BCUT2D eigenvalue weighted by molar-refractivity contribution is 5.54. The van der Waals surface area contributed by atoms with E-state index in [2.05, 4.69) is 10.1 Å². The number of nitrogens with two attached hydrogens (primary N) is 1. The van der Waals surface area contributed by atoms with Gasteiger partial charge in [0.1, 0.15) is 5.76 Å². The highest BCUT2D eigenvalue weighted by Crippen LogP contribution is 2.33. The number of hydrogen-bond donors (Lipinski definition) is 1. The van der Waals surface area contributed by atoms with Crippen molar-refractivity contribution in [2.45, 2.75) is 51.0 Å². The van der Waals surface area contributed by atoms with Crippen LogP contribution < -0.4 is 5.73 Å². The van der Waals surface area contributed by atoms with Crippen LogP contribution in [0, 0.1) is 6.92 Å². The van der Waals surface area contributed by atoms with Crippen LogP contribution in [-0.2, 0) is 5.54 Å². The molecule has 2 N–H and O–H groups in total. The fourth-order valence-electron chi connectivity index (χ4n) is 2.73. The molecule has 2 heterocycles. The van der Waals surface area contributed by atoms with Crippen molar-refractivity contribution in [3.8, 4) is 11.5 Å². The first-order valence-corrected chi connectivity index (χ1v) is 6.87. The Hall–Kier alpha value is -1.62. The van der Waals surface area contributed by atoms with Crippen molar-refractivity contribution >= 4 is 0 Å². The molecular weight excluding hydrogens is 242 g/mol. The van der Waals surface area contributed by atoms with Gasteiger partial charge in [-0.2, -0.15) is 4.98 Å². The fourth-order valence-corrected chi connectivity index (χ4v) is 2.73. The van der Waals surface area contributed by atoms with Crippen LogP contribution in [0.2, 0.25) is 0 Å². The number of aromatic nitrogens is 2. The van der Waals surface area contributed by atoms with Crippen LogP contribution in [-0.4, -0.2) is 10.1 Å². The van der Waals surface area contributed by atoms with E-state index in [0.717, 1.165) is 37.0 Å². The second-order valence-corrected chi connectivity index (χ2v) is 5.38. The average Bonchev–Trinajstić information content (AvgIpc) is 2.97. The smallest absolute Gasteiger partial charge is 0.261 e. The van der Waals surface area contributed by atoms with Crippen LogP contribution in [0.3, 0.4) is 0 Å². The Morgan fingerprint density at radius 2 is 1.95 bits per heavy atom. The van der Waals surface area contributed by atoms with Crippen LogP contribution in [0.1, 0.15) is 50.1 Å². The summed E-state index contributed by atoms with van der Waals surface area (Å²) < 4.78 is 10.6. The molecule has 0 aliphatic heterocycles. The molecule has 0 amide bonds. The molecule has 0 aromatic carbocycles. The minimum absolute atomic E-state index is 0.435. The van der Waals surface area contributed by atoms with E-state index in [1.807, 2.05) is 13.0 Å². The minimum atomic E-state index is -0.435.